The zero-order chi connectivity index (χ0) is 17.3. The van der Waals surface area contributed by atoms with Crippen LogP contribution in [0.3, 0.4) is 0 Å². The topological polar surface area (TPSA) is 59.4 Å². The van der Waals surface area contributed by atoms with E-state index in [1.54, 1.807) is 7.05 Å². The second-order valence-electron chi connectivity index (χ2n) is 7.92. The van der Waals surface area contributed by atoms with Crippen LogP contribution in [0.25, 0.3) is 0 Å². The van der Waals surface area contributed by atoms with Crippen LogP contribution >= 0.6 is 0 Å². The Bertz CT molecular complexity index is 600. The van der Waals surface area contributed by atoms with Gasteiger partial charge in [-0.1, -0.05) is 19.3 Å². The second kappa shape index (κ2) is 7.08. The van der Waals surface area contributed by atoms with E-state index in [0.29, 0.717) is 6.54 Å². The Morgan fingerprint density at radius 2 is 2.08 bits per heavy atom. The van der Waals surface area contributed by atoms with Crippen LogP contribution in [0.2, 0.25) is 0 Å². The Kier molecular flexibility index (Phi) is 4.82. The molecule has 0 aromatic carbocycles. The van der Waals surface area contributed by atoms with Crippen molar-refractivity contribution in [3.63, 3.8) is 0 Å². The van der Waals surface area contributed by atoms with Crippen molar-refractivity contribution in [1.29, 1.82) is 0 Å². The van der Waals surface area contributed by atoms with Gasteiger partial charge in [-0.25, -0.2) is 4.98 Å². The lowest BCUT2D eigenvalue weighted by Gasteiger charge is -2.46. The molecule has 4 rings (SSSR count). The van der Waals surface area contributed by atoms with Crippen LogP contribution in [-0.4, -0.2) is 53.1 Å². The van der Waals surface area contributed by atoms with Gasteiger partial charge in [-0.05, 0) is 31.6 Å². The SMILES string of the molecule is CNC(=O)C1Cn2ccnc2C2(CCN(CC3CCCCC3)CC2)O1. The molecular weight excluding hydrogens is 316 g/mol. The van der Waals surface area contributed by atoms with Gasteiger partial charge in [-0.2, -0.15) is 0 Å². The van der Waals surface area contributed by atoms with Crippen molar-refractivity contribution in [2.45, 2.75) is 63.2 Å². The monoisotopic (exact) mass is 346 g/mol. The quantitative estimate of drug-likeness (QED) is 0.908. The number of nitrogens with zero attached hydrogens (tertiary/aromatic N) is 3. The molecule has 25 heavy (non-hydrogen) atoms. The Morgan fingerprint density at radius 3 is 2.80 bits per heavy atom. The van der Waals surface area contributed by atoms with Crippen molar-refractivity contribution < 1.29 is 9.53 Å². The van der Waals surface area contributed by atoms with Gasteiger partial charge in [0.2, 0.25) is 0 Å². The fraction of sp³-hybridized carbons (Fsp3) is 0.789. The summed E-state index contributed by atoms with van der Waals surface area (Å²) in [6, 6.07) is 0. The predicted octanol–water partition coefficient (Wildman–Crippen LogP) is 1.90. The summed E-state index contributed by atoms with van der Waals surface area (Å²) in [4.78, 5) is 19.4. The number of amides is 1. The number of likely N-dealkylation sites (N-methyl/N-ethyl adjacent to an activating group) is 1. The normalized spacial score (nSPS) is 27.2. The summed E-state index contributed by atoms with van der Waals surface area (Å²) < 4.78 is 8.48. The molecule has 0 radical (unpaired) electrons. The minimum atomic E-state index is -0.420. The van der Waals surface area contributed by atoms with Gasteiger partial charge in [-0.15, -0.1) is 0 Å². The first-order valence-corrected chi connectivity index (χ1v) is 9.83. The first kappa shape index (κ1) is 17.0. The van der Waals surface area contributed by atoms with Crippen LogP contribution in [-0.2, 0) is 21.7 Å². The molecule has 2 fully saturated rings. The summed E-state index contributed by atoms with van der Waals surface area (Å²) >= 11 is 0. The van der Waals surface area contributed by atoms with Crippen LogP contribution < -0.4 is 5.32 Å². The van der Waals surface area contributed by atoms with Crippen molar-refractivity contribution in [3.05, 3.63) is 18.2 Å². The molecule has 2 aliphatic heterocycles. The Morgan fingerprint density at radius 1 is 1.32 bits per heavy atom. The molecule has 1 saturated carbocycles. The van der Waals surface area contributed by atoms with Crippen LogP contribution in [0.5, 0.6) is 0 Å². The number of carbonyl (C=O) groups is 1. The van der Waals surface area contributed by atoms with Crippen LogP contribution in [0.1, 0.15) is 50.8 Å². The minimum Gasteiger partial charge on any atom is -0.357 e. The standard InChI is InChI=1S/C19H30N4O2/c1-20-17(24)16-14-23-12-9-21-18(23)19(25-16)7-10-22(11-8-19)13-15-5-3-2-4-6-15/h9,12,15-16H,2-8,10-11,13-14H2,1H3,(H,20,24). The van der Waals surface area contributed by atoms with Crippen molar-refractivity contribution >= 4 is 5.91 Å². The second-order valence-corrected chi connectivity index (χ2v) is 7.92. The van der Waals surface area contributed by atoms with E-state index < -0.39 is 11.7 Å². The summed E-state index contributed by atoms with van der Waals surface area (Å²) in [5.41, 5.74) is -0.401. The predicted molar refractivity (Wildman–Crippen MR) is 95.1 cm³/mol. The van der Waals surface area contributed by atoms with Gasteiger partial charge < -0.3 is 19.5 Å². The van der Waals surface area contributed by atoms with E-state index in [2.05, 4.69) is 19.8 Å². The lowest BCUT2D eigenvalue weighted by molar-refractivity contribution is -0.173. The number of rotatable bonds is 3. The average molecular weight is 346 g/mol. The van der Waals surface area contributed by atoms with Gasteiger partial charge in [0, 0.05) is 39.1 Å². The average Bonchev–Trinajstić information content (AvgIpc) is 3.13. The fourth-order valence-corrected chi connectivity index (χ4v) is 4.87. The van der Waals surface area contributed by atoms with Crippen LogP contribution in [0.4, 0.5) is 0 Å². The van der Waals surface area contributed by atoms with Crippen molar-refractivity contribution in [3.8, 4) is 0 Å². The van der Waals surface area contributed by atoms with E-state index in [4.69, 9.17) is 4.74 Å². The summed E-state index contributed by atoms with van der Waals surface area (Å²) in [7, 11) is 1.68. The number of aromatic nitrogens is 2. The fourth-order valence-electron chi connectivity index (χ4n) is 4.87. The highest BCUT2D eigenvalue weighted by molar-refractivity contribution is 5.80. The molecular formula is C19H30N4O2. The van der Waals surface area contributed by atoms with Crippen molar-refractivity contribution in [2.24, 2.45) is 5.92 Å². The molecule has 1 saturated heterocycles. The molecule has 3 aliphatic rings. The Hall–Kier alpha value is -1.40. The zero-order valence-electron chi connectivity index (χ0n) is 15.2. The molecule has 3 heterocycles. The van der Waals surface area contributed by atoms with Gasteiger partial charge in [0.15, 0.2) is 6.10 Å². The molecule has 1 aliphatic carbocycles. The Labute approximate surface area is 149 Å². The number of ether oxygens (including phenoxy) is 1. The van der Waals surface area contributed by atoms with E-state index in [1.807, 2.05) is 12.4 Å². The van der Waals surface area contributed by atoms with E-state index >= 15 is 0 Å². The smallest absolute Gasteiger partial charge is 0.250 e. The third-order valence-corrected chi connectivity index (χ3v) is 6.30. The van der Waals surface area contributed by atoms with Gasteiger partial charge in [0.05, 0.1) is 6.54 Å². The molecule has 1 amide bonds. The van der Waals surface area contributed by atoms with Gasteiger partial charge >= 0.3 is 0 Å². The maximum atomic E-state index is 12.2. The number of hydrogen-bond donors (Lipinski definition) is 1. The third kappa shape index (κ3) is 3.34. The maximum Gasteiger partial charge on any atom is 0.250 e. The van der Waals surface area contributed by atoms with E-state index in [9.17, 15) is 4.79 Å². The summed E-state index contributed by atoms with van der Waals surface area (Å²) in [6.07, 6.45) is 12.2. The number of hydrogen-bond acceptors (Lipinski definition) is 4. The highest BCUT2D eigenvalue weighted by atomic mass is 16.5. The lowest BCUT2D eigenvalue weighted by atomic mass is 9.85. The molecule has 6 heteroatoms. The largest absolute Gasteiger partial charge is 0.357 e. The third-order valence-electron chi connectivity index (χ3n) is 6.30. The number of imidazole rings is 1. The molecule has 6 nitrogen and oxygen atoms in total. The zero-order valence-corrected chi connectivity index (χ0v) is 15.2. The van der Waals surface area contributed by atoms with E-state index in [1.165, 1.54) is 38.6 Å². The first-order valence-electron chi connectivity index (χ1n) is 9.83. The van der Waals surface area contributed by atoms with Crippen molar-refractivity contribution in [1.82, 2.24) is 19.8 Å². The lowest BCUT2D eigenvalue weighted by Crippen LogP contribution is -2.54. The van der Waals surface area contributed by atoms with E-state index in [0.717, 1.165) is 37.7 Å². The molecule has 1 unspecified atom stereocenters. The highest BCUT2D eigenvalue weighted by Crippen LogP contribution is 2.40. The summed E-state index contributed by atoms with van der Waals surface area (Å²) in [6.45, 7) is 3.85. The molecule has 1 N–H and O–H groups in total. The molecule has 1 spiro atoms. The molecule has 1 aromatic heterocycles. The molecule has 0 bridgehead atoms. The van der Waals surface area contributed by atoms with Crippen molar-refractivity contribution in [2.75, 3.05) is 26.7 Å². The Balaban J connectivity index is 1.44. The molecule has 1 aromatic rings. The van der Waals surface area contributed by atoms with Crippen LogP contribution in [0, 0.1) is 5.92 Å². The van der Waals surface area contributed by atoms with Gasteiger partial charge in [0.1, 0.15) is 11.4 Å². The summed E-state index contributed by atoms with van der Waals surface area (Å²) in [5, 5.41) is 2.73. The minimum absolute atomic E-state index is 0.0386. The number of piperidine rings is 1. The highest BCUT2D eigenvalue weighted by Gasteiger charge is 2.47. The maximum absolute atomic E-state index is 12.2. The summed E-state index contributed by atoms with van der Waals surface area (Å²) in [5.74, 6) is 1.84. The molecule has 138 valence electrons. The number of fused-ring (bicyclic) bond motifs is 2. The van der Waals surface area contributed by atoms with Gasteiger partial charge in [0.25, 0.3) is 5.91 Å². The molecule has 1 atom stereocenters. The number of nitrogens with one attached hydrogen (secondary N) is 1. The first-order chi connectivity index (χ1) is 12.2. The van der Waals surface area contributed by atoms with Crippen LogP contribution in [0.15, 0.2) is 12.4 Å². The van der Waals surface area contributed by atoms with Gasteiger partial charge in [-0.3, -0.25) is 4.79 Å². The van der Waals surface area contributed by atoms with E-state index in [-0.39, 0.29) is 5.91 Å². The number of carbonyl (C=O) groups excluding carboxylic acids is 1. The number of likely N-dealkylation sites (tertiary alicyclic amines) is 1.